The minimum absolute atomic E-state index is 0.346. The average molecular weight is 374 g/mol. The fourth-order valence-electron chi connectivity index (χ4n) is 1.41. The van der Waals surface area contributed by atoms with E-state index < -0.39 is 5.38 Å². The van der Waals surface area contributed by atoms with E-state index in [1.165, 1.54) is 17.4 Å². The lowest BCUT2D eigenvalue weighted by Gasteiger charge is -2.11. The molecule has 1 unspecified atom stereocenters. The molecule has 0 aliphatic carbocycles. The molecular formula is C11H5BrCl3FS. The van der Waals surface area contributed by atoms with Crippen molar-refractivity contribution in [3.05, 3.63) is 54.4 Å². The van der Waals surface area contributed by atoms with Crippen molar-refractivity contribution in [2.24, 2.45) is 0 Å². The number of hydrogen-bond acceptors (Lipinski definition) is 1. The topological polar surface area (TPSA) is 0 Å². The predicted molar refractivity (Wildman–Crippen MR) is 76.1 cm³/mol. The summed E-state index contributed by atoms with van der Waals surface area (Å²) in [6.07, 6.45) is 0. The van der Waals surface area contributed by atoms with Gasteiger partial charge in [-0.15, -0.1) is 22.9 Å². The third kappa shape index (κ3) is 2.79. The molecule has 0 N–H and O–H groups in total. The van der Waals surface area contributed by atoms with Gasteiger partial charge < -0.3 is 0 Å². The molecule has 1 atom stereocenters. The highest BCUT2D eigenvalue weighted by Crippen LogP contribution is 2.42. The van der Waals surface area contributed by atoms with Crippen molar-refractivity contribution in [1.29, 1.82) is 0 Å². The van der Waals surface area contributed by atoms with Crippen molar-refractivity contribution in [2.45, 2.75) is 5.38 Å². The van der Waals surface area contributed by atoms with Crippen molar-refractivity contribution in [1.82, 2.24) is 0 Å². The molecule has 0 fully saturated rings. The van der Waals surface area contributed by atoms with E-state index in [4.69, 9.17) is 34.8 Å². The van der Waals surface area contributed by atoms with Gasteiger partial charge in [0.25, 0.3) is 0 Å². The van der Waals surface area contributed by atoms with Crippen LogP contribution in [0.15, 0.2) is 28.7 Å². The number of benzene rings is 1. The molecule has 0 spiro atoms. The van der Waals surface area contributed by atoms with Crippen LogP contribution in [-0.4, -0.2) is 0 Å². The molecule has 0 radical (unpaired) electrons. The molecule has 1 aromatic heterocycles. The average Bonchev–Trinajstić information content (AvgIpc) is 2.61. The number of rotatable bonds is 2. The predicted octanol–water partition coefficient (Wildman–Crippen LogP) is 6.28. The maximum absolute atomic E-state index is 13.4. The first-order valence-corrected chi connectivity index (χ1v) is 7.33. The zero-order valence-corrected chi connectivity index (χ0v) is 12.9. The summed E-state index contributed by atoms with van der Waals surface area (Å²) in [6, 6.07) is 6.41. The lowest BCUT2D eigenvalue weighted by Crippen LogP contribution is -1.95. The van der Waals surface area contributed by atoms with Crippen LogP contribution in [0.25, 0.3) is 0 Å². The molecule has 17 heavy (non-hydrogen) atoms. The van der Waals surface area contributed by atoms with Gasteiger partial charge in [-0.3, -0.25) is 0 Å². The van der Waals surface area contributed by atoms with Crippen LogP contribution in [0.2, 0.25) is 8.67 Å². The number of hydrogen-bond donors (Lipinski definition) is 0. The first kappa shape index (κ1) is 13.6. The molecule has 2 aromatic rings. The van der Waals surface area contributed by atoms with Crippen molar-refractivity contribution in [2.75, 3.05) is 0 Å². The molecule has 0 saturated carbocycles. The normalized spacial score (nSPS) is 12.8. The minimum Gasteiger partial charge on any atom is -0.206 e. The quantitative estimate of drug-likeness (QED) is 0.542. The number of halogens is 5. The monoisotopic (exact) mass is 372 g/mol. The van der Waals surface area contributed by atoms with E-state index in [1.807, 2.05) is 0 Å². The molecule has 0 nitrogen and oxygen atoms in total. The molecule has 0 amide bonds. The fraction of sp³-hybridized carbons (Fsp3) is 0.0909. The fourth-order valence-corrected chi connectivity index (χ4v) is 4.04. The van der Waals surface area contributed by atoms with Crippen LogP contribution in [0.4, 0.5) is 4.39 Å². The Bertz CT molecular complexity index is 556. The van der Waals surface area contributed by atoms with E-state index in [9.17, 15) is 4.39 Å². The van der Waals surface area contributed by atoms with Gasteiger partial charge in [0.05, 0.1) is 18.5 Å². The molecule has 0 aliphatic heterocycles. The zero-order valence-electron chi connectivity index (χ0n) is 8.18. The summed E-state index contributed by atoms with van der Waals surface area (Å²) in [4.78, 5) is 0. The summed E-state index contributed by atoms with van der Waals surface area (Å²) in [6.45, 7) is 0. The number of thiophene rings is 1. The summed E-state index contributed by atoms with van der Waals surface area (Å²) in [5.41, 5.74) is 1.32. The molecule has 0 bridgehead atoms. The van der Waals surface area contributed by atoms with E-state index in [1.54, 1.807) is 18.2 Å². The molecule has 1 aromatic carbocycles. The van der Waals surface area contributed by atoms with Gasteiger partial charge in [0, 0.05) is 5.56 Å². The highest BCUT2D eigenvalue weighted by molar-refractivity contribution is 9.10. The Morgan fingerprint density at radius 2 is 1.94 bits per heavy atom. The van der Waals surface area contributed by atoms with Crippen molar-refractivity contribution < 1.29 is 4.39 Å². The maximum atomic E-state index is 13.4. The van der Waals surface area contributed by atoms with Gasteiger partial charge in [-0.25, -0.2) is 4.39 Å². The lowest BCUT2D eigenvalue weighted by molar-refractivity contribution is 0.618. The van der Waals surface area contributed by atoms with Crippen LogP contribution >= 0.6 is 62.1 Å². The molecule has 6 heteroatoms. The summed E-state index contributed by atoms with van der Waals surface area (Å²) in [5, 5.41) is -0.531. The van der Waals surface area contributed by atoms with E-state index in [0.29, 0.717) is 24.3 Å². The van der Waals surface area contributed by atoms with Gasteiger partial charge in [0.15, 0.2) is 0 Å². The smallest absolute Gasteiger partial charge is 0.137 e. The first-order chi connectivity index (χ1) is 8.00. The highest BCUT2D eigenvalue weighted by atomic mass is 79.9. The van der Waals surface area contributed by atoms with Crippen LogP contribution in [0.5, 0.6) is 0 Å². The third-order valence-electron chi connectivity index (χ3n) is 2.21. The van der Waals surface area contributed by atoms with Crippen LogP contribution < -0.4 is 0 Å². The molecule has 1 heterocycles. The minimum atomic E-state index is -0.531. The van der Waals surface area contributed by atoms with Gasteiger partial charge >= 0.3 is 0 Å². The summed E-state index contributed by atoms with van der Waals surface area (Å²) in [7, 11) is 0. The number of alkyl halides is 1. The maximum Gasteiger partial charge on any atom is 0.137 e. The second-order valence-corrected chi connectivity index (χ2v) is 6.80. The Hall–Kier alpha value is 0.200. The van der Waals surface area contributed by atoms with E-state index in [2.05, 4.69) is 15.9 Å². The van der Waals surface area contributed by atoms with Crippen LogP contribution in [0.3, 0.4) is 0 Å². The first-order valence-electron chi connectivity index (χ1n) is 4.53. The third-order valence-corrected chi connectivity index (χ3v) is 5.04. The zero-order chi connectivity index (χ0) is 12.6. The Morgan fingerprint density at radius 1 is 1.24 bits per heavy atom. The Kier molecular flexibility index (Phi) is 4.37. The van der Waals surface area contributed by atoms with Crippen LogP contribution in [-0.2, 0) is 0 Å². The summed E-state index contributed by atoms with van der Waals surface area (Å²) >= 11 is 22.6. The molecular weight excluding hydrogens is 369 g/mol. The van der Waals surface area contributed by atoms with Crippen LogP contribution in [0, 0.1) is 5.82 Å². The van der Waals surface area contributed by atoms with Gasteiger partial charge in [0.1, 0.15) is 5.82 Å². The van der Waals surface area contributed by atoms with Crippen molar-refractivity contribution in [3.8, 4) is 0 Å². The van der Waals surface area contributed by atoms with Gasteiger partial charge in [-0.2, -0.15) is 0 Å². The Labute approximate surface area is 125 Å². The Balaban J connectivity index is 2.47. The molecule has 0 saturated heterocycles. The van der Waals surface area contributed by atoms with Gasteiger partial charge in [-0.1, -0.05) is 35.3 Å². The van der Waals surface area contributed by atoms with Gasteiger partial charge in [-0.05, 0) is 33.6 Å². The second-order valence-electron chi connectivity index (χ2n) is 3.29. The van der Waals surface area contributed by atoms with E-state index in [-0.39, 0.29) is 5.82 Å². The van der Waals surface area contributed by atoms with Crippen molar-refractivity contribution >= 4 is 62.1 Å². The lowest BCUT2D eigenvalue weighted by atomic mass is 10.1. The van der Waals surface area contributed by atoms with E-state index in [0.717, 1.165) is 0 Å². The summed E-state index contributed by atoms with van der Waals surface area (Å²) < 4.78 is 14.8. The van der Waals surface area contributed by atoms with Crippen molar-refractivity contribution in [3.63, 3.8) is 0 Å². The Morgan fingerprint density at radius 3 is 2.53 bits per heavy atom. The highest BCUT2D eigenvalue weighted by Gasteiger charge is 2.20. The molecule has 90 valence electrons. The largest absolute Gasteiger partial charge is 0.206 e. The standard InChI is InChI=1S/C11H5BrCl3FS/c12-9-5(2-1-3-7(9)16)10(14)6-4-8(13)17-11(6)15/h1-4,10H. The second kappa shape index (κ2) is 5.45. The summed E-state index contributed by atoms with van der Waals surface area (Å²) in [5.74, 6) is -0.356. The van der Waals surface area contributed by atoms with Gasteiger partial charge in [0.2, 0.25) is 0 Å². The molecule has 2 rings (SSSR count). The SMILES string of the molecule is Fc1cccc(C(Cl)c2cc(Cl)sc2Cl)c1Br. The van der Waals surface area contributed by atoms with Crippen LogP contribution in [0.1, 0.15) is 16.5 Å². The van der Waals surface area contributed by atoms with E-state index >= 15 is 0 Å². The molecule has 0 aliphatic rings.